The molecule has 0 saturated carbocycles. The number of fused-ring (bicyclic) bond motifs is 1. The van der Waals surface area contributed by atoms with E-state index in [1.165, 1.54) is 0 Å². The number of sulfonamides is 1. The van der Waals surface area contributed by atoms with Crippen LogP contribution >= 0.6 is 0 Å². The maximum absolute atomic E-state index is 13.0. The van der Waals surface area contributed by atoms with Gasteiger partial charge in [0, 0.05) is 6.07 Å². The maximum Gasteiger partial charge on any atom is 0.244 e. The van der Waals surface area contributed by atoms with Gasteiger partial charge in [0.1, 0.15) is 19.3 Å². The van der Waals surface area contributed by atoms with E-state index in [4.69, 9.17) is 9.47 Å². The summed E-state index contributed by atoms with van der Waals surface area (Å²) in [6.07, 6.45) is 1.08. The summed E-state index contributed by atoms with van der Waals surface area (Å²) in [6.45, 7) is 8.29. The maximum atomic E-state index is 13.0. The Bertz CT molecular complexity index is 1050. The molecule has 1 amide bonds. The van der Waals surface area contributed by atoms with Crippen LogP contribution in [0.2, 0.25) is 0 Å². The predicted octanol–water partition coefficient (Wildman–Crippen LogP) is 3.11. The van der Waals surface area contributed by atoms with E-state index in [0.29, 0.717) is 30.4 Å². The fourth-order valence-corrected chi connectivity index (χ4v) is 4.87. The summed E-state index contributed by atoms with van der Waals surface area (Å²) < 4.78 is 37.3. The zero-order valence-corrected chi connectivity index (χ0v) is 18.7. The van der Waals surface area contributed by atoms with Crippen molar-refractivity contribution in [2.24, 2.45) is 0 Å². The van der Waals surface area contributed by atoms with E-state index in [9.17, 15) is 13.2 Å². The van der Waals surface area contributed by atoms with Gasteiger partial charge in [-0.05, 0) is 51.0 Å². The van der Waals surface area contributed by atoms with Crippen molar-refractivity contribution in [2.75, 3.05) is 23.8 Å². The summed E-state index contributed by atoms with van der Waals surface area (Å²) in [5.41, 5.74) is 3.56. The molecule has 1 aliphatic heterocycles. The Morgan fingerprint density at radius 2 is 1.70 bits per heavy atom. The average Bonchev–Trinajstić information content (AvgIpc) is 2.66. The lowest BCUT2D eigenvalue weighted by Gasteiger charge is -2.30. The van der Waals surface area contributed by atoms with Crippen LogP contribution in [-0.4, -0.2) is 39.8 Å². The number of nitrogens with zero attached hydrogens (tertiary/aromatic N) is 1. The molecule has 0 unspecified atom stereocenters. The molecule has 1 heterocycles. The van der Waals surface area contributed by atoms with Crippen molar-refractivity contribution in [2.45, 2.75) is 39.8 Å². The van der Waals surface area contributed by atoms with E-state index in [0.717, 1.165) is 27.3 Å². The SMILES string of the molecule is Cc1ccc([C@@H](C)NC(=O)[C@H](C)N(c2ccc3c(c2)OCCO3)S(C)(=O)=O)c(C)c1. The topological polar surface area (TPSA) is 84.9 Å². The molecule has 1 N–H and O–H groups in total. The van der Waals surface area contributed by atoms with Gasteiger partial charge in [0.15, 0.2) is 11.5 Å². The molecule has 0 fully saturated rings. The van der Waals surface area contributed by atoms with Gasteiger partial charge in [-0.3, -0.25) is 9.10 Å². The van der Waals surface area contributed by atoms with Crippen LogP contribution in [0.25, 0.3) is 0 Å². The minimum Gasteiger partial charge on any atom is -0.486 e. The van der Waals surface area contributed by atoms with Gasteiger partial charge in [0.05, 0.1) is 18.0 Å². The number of anilines is 1. The van der Waals surface area contributed by atoms with Gasteiger partial charge in [0.25, 0.3) is 0 Å². The molecular weight excluding hydrogens is 404 g/mol. The third-order valence-electron chi connectivity index (χ3n) is 5.12. The molecule has 162 valence electrons. The van der Waals surface area contributed by atoms with Crippen LogP contribution in [0.5, 0.6) is 11.5 Å². The van der Waals surface area contributed by atoms with Gasteiger partial charge in [0.2, 0.25) is 15.9 Å². The molecule has 0 aliphatic carbocycles. The molecule has 0 radical (unpaired) electrons. The third kappa shape index (κ3) is 4.70. The number of rotatable bonds is 6. The Hall–Kier alpha value is -2.74. The zero-order valence-electron chi connectivity index (χ0n) is 17.9. The van der Waals surface area contributed by atoms with E-state index in [-0.39, 0.29) is 11.9 Å². The lowest BCUT2D eigenvalue weighted by atomic mass is 10.00. The van der Waals surface area contributed by atoms with Crippen molar-refractivity contribution in [3.05, 3.63) is 53.1 Å². The average molecular weight is 433 g/mol. The highest BCUT2D eigenvalue weighted by Crippen LogP contribution is 2.35. The summed E-state index contributed by atoms with van der Waals surface area (Å²) in [5, 5.41) is 2.94. The molecule has 7 nitrogen and oxygen atoms in total. The fraction of sp³-hybridized carbons (Fsp3) is 0.409. The Balaban J connectivity index is 1.85. The van der Waals surface area contributed by atoms with E-state index in [1.807, 2.05) is 32.9 Å². The molecule has 3 rings (SSSR count). The number of ether oxygens (including phenoxy) is 2. The third-order valence-corrected chi connectivity index (χ3v) is 6.36. The zero-order chi connectivity index (χ0) is 22.1. The molecule has 8 heteroatoms. The minimum atomic E-state index is -3.73. The summed E-state index contributed by atoms with van der Waals surface area (Å²) >= 11 is 0. The first-order valence-electron chi connectivity index (χ1n) is 9.84. The van der Waals surface area contributed by atoms with Crippen molar-refractivity contribution >= 4 is 21.6 Å². The summed E-state index contributed by atoms with van der Waals surface area (Å²) in [7, 11) is -3.73. The van der Waals surface area contributed by atoms with Crippen LogP contribution in [0.4, 0.5) is 5.69 Å². The number of carbonyl (C=O) groups excluding carboxylic acids is 1. The van der Waals surface area contributed by atoms with Crippen molar-refractivity contribution in [3.63, 3.8) is 0 Å². The summed E-state index contributed by atoms with van der Waals surface area (Å²) in [6, 6.07) is 9.68. The number of hydrogen-bond acceptors (Lipinski definition) is 5. The molecule has 0 saturated heterocycles. The van der Waals surface area contributed by atoms with Crippen LogP contribution in [0, 0.1) is 13.8 Å². The van der Waals surface area contributed by atoms with Crippen LogP contribution in [0.3, 0.4) is 0 Å². The van der Waals surface area contributed by atoms with Gasteiger partial charge in [-0.1, -0.05) is 23.8 Å². The smallest absolute Gasteiger partial charge is 0.244 e. The summed E-state index contributed by atoms with van der Waals surface area (Å²) in [4.78, 5) is 13.0. The van der Waals surface area contributed by atoms with Gasteiger partial charge in [-0.15, -0.1) is 0 Å². The molecular formula is C22H28N2O5S. The normalized spacial score (nSPS) is 15.2. The Morgan fingerprint density at radius 3 is 2.33 bits per heavy atom. The first-order valence-corrected chi connectivity index (χ1v) is 11.7. The quantitative estimate of drug-likeness (QED) is 0.758. The Morgan fingerprint density at radius 1 is 1.03 bits per heavy atom. The largest absolute Gasteiger partial charge is 0.486 e. The molecule has 0 spiro atoms. The molecule has 30 heavy (non-hydrogen) atoms. The van der Waals surface area contributed by atoms with Gasteiger partial charge < -0.3 is 14.8 Å². The highest BCUT2D eigenvalue weighted by molar-refractivity contribution is 7.92. The molecule has 0 aromatic heterocycles. The van der Waals surface area contributed by atoms with Crippen LogP contribution in [0.1, 0.15) is 36.6 Å². The van der Waals surface area contributed by atoms with Crippen molar-refractivity contribution in [3.8, 4) is 11.5 Å². The molecule has 0 bridgehead atoms. The van der Waals surface area contributed by atoms with Gasteiger partial charge in [-0.25, -0.2) is 8.42 Å². The van der Waals surface area contributed by atoms with Gasteiger partial charge >= 0.3 is 0 Å². The Kier molecular flexibility index (Phi) is 6.26. The second kappa shape index (κ2) is 8.55. The van der Waals surface area contributed by atoms with Crippen molar-refractivity contribution in [1.82, 2.24) is 5.32 Å². The number of nitrogens with one attached hydrogen (secondary N) is 1. The van der Waals surface area contributed by atoms with E-state index in [1.54, 1.807) is 25.1 Å². The number of benzene rings is 2. The molecule has 2 aromatic carbocycles. The highest BCUT2D eigenvalue weighted by Gasteiger charge is 2.31. The Labute approximate surface area is 178 Å². The number of hydrogen-bond donors (Lipinski definition) is 1. The minimum absolute atomic E-state index is 0.262. The second-order valence-electron chi connectivity index (χ2n) is 7.65. The first-order chi connectivity index (χ1) is 14.1. The van der Waals surface area contributed by atoms with Crippen molar-refractivity contribution < 1.29 is 22.7 Å². The van der Waals surface area contributed by atoms with Gasteiger partial charge in [-0.2, -0.15) is 0 Å². The van der Waals surface area contributed by atoms with E-state index < -0.39 is 16.1 Å². The number of amides is 1. The van der Waals surface area contributed by atoms with Crippen LogP contribution in [0.15, 0.2) is 36.4 Å². The summed E-state index contributed by atoms with van der Waals surface area (Å²) in [5.74, 6) is 0.630. The number of carbonyl (C=O) groups is 1. The second-order valence-corrected chi connectivity index (χ2v) is 9.51. The van der Waals surface area contributed by atoms with Crippen molar-refractivity contribution in [1.29, 1.82) is 0 Å². The predicted molar refractivity (Wildman–Crippen MR) is 117 cm³/mol. The highest BCUT2D eigenvalue weighted by atomic mass is 32.2. The first kappa shape index (κ1) is 22.0. The molecule has 2 aromatic rings. The molecule has 2 atom stereocenters. The number of aryl methyl sites for hydroxylation is 2. The lowest BCUT2D eigenvalue weighted by Crippen LogP contribution is -2.48. The molecule has 1 aliphatic rings. The monoisotopic (exact) mass is 432 g/mol. The van der Waals surface area contributed by atoms with E-state index >= 15 is 0 Å². The fourth-order valence-electron chi connectivity index (χ4n) is 3.70. The van der Waals surface area contributed by atoms with E-state index in [2.05, 4.69) is 11.4 Å². The van der Waals surface area contributed by atoms with Crippen LogP contribution in [-0.2, 0) is 14.8 Å². The standard InChI is InChI=1S/C22H28N2O5S/c1-14-6-8-19(15(2)12-14)16(3)23-22(25)17(4)24(30(5,26)27)18-7-9-20-21(13-18)29-11-10-28-20/h6-9,12-13,16-17H,10-11H2,1-5H3,(H,23,25)/t16-,17+/m1/s1. The van der Waals surface area contributed by atoms with Crippen LogP contribution < -0.4 is 19.1 Å². The lowest BCUT2D eigenvalue weighted by molar-refractivity contribution is -0.122.